The van der Waals surface area contributed by atoms with E-state index < -0.39 is 0 Å². The van der Waals surface area contributed by atoms with Gasteiger partial charge in [-0.3, -0.25) is 9.69 Å². The van der Waals surface area contributed by atoms with Gasteiger partial charge in [0.15, 0.2) is 0 Å². The van der Waals surface area contributed by atoms with Gasteiger partial charge in [0.2, 0.25) is 5.91 Å². The van der Waals surface area contributed by atoms with Crippen molar-refractivity contribution in [2.24, 2.45) is 5.73 Å². The lowest BCUT2D eigenvalue weighted by Crippen LogP contribution is -2.44. The van der Waals surface area contributed by atoms with E-state index >= 15 is 0 Å². The Morgan fingerprint density at radius 1 is 1.62 bits per heavy atom. The molecule has 0 heterocycles. The molecule has 0 bridgehead atoms. The third-order valence-corrected chi connectivity index (χ3v) is 2.65. The summed E-state index contributed by atoms with van der Waals surface area (Å²) in [5.74, 6) is 0.0601. The zero-order chi connectivity index (χ0) is 12.0. The van der Waals surface area contributed by atoms with Crippen LogP contribution < -0.4 is 11.1 Å². The molecule has 1 atom stereocenters. The van der Waals surface area contributed by atoms with E-state index in [0.29, 0.717) is 25.7 Å². The standard InChI is InChI=1S/C11H23N3O2/c1-9(8-16-2)13-11(15)7-14(6-5-12)10-3-4-10/h9-10H,3-8,12H2,1-2H3,(H,13,15). The van der Waals surface area contributed by atoms with Crippen molar-refractivity contribution < 1.29 is 9.53 Å². The quantitative estimate of drug-likeness (QED) is 0.592. The lowest BCUT2D eigenvalue weighted by atomic mass is 10.3. The van der Waals surface area contributed by atoms with E-state index in [2.05, 4.69) is 10.2 Å². The predicted octanol–water partition coefficient (Wildman–Crippen LogP) is -0.439. The van der Waals surface area contributed by atoms with Crippen molar-refractivity contribution in [2.45, 2.75) is 31.8 Å². The van der Waals surface area contributed by atoms with Gasteiger partial charge in [0.1, 0.15) is 0 Å². The van der Waals surface area contributed by atoms with Gasteiger partial charge in [-0.2, -0.15) is 0 Å². The summed E-state index contributed by atoms with van der Waals surface area (Å²) in [5, 5.41) is 2.91. The first kappa shape index (κ1) is 13.4. The summed E-state index contributed by atoms with van der Waals surface area (Å²) >= 11 is 0. The Morgan fingerprint density at radius 2 is 2.31 bits per heavy atom. The lowest BCUT2D eigenvalue weighted by Gasteiger charge is -2.21. The molecule has 1 unspecified atom stereocenters. The van der Waals surface area contributed by atoms with E-state index in [1.165, 1.54) is 12.8 Å². The average Bonchev–Trinajstić information content (AvgIpc) is 3.00. The van der Waals surface area contributed by atoms with Crippen molar-refractivity contribution in [3.05, 3.63) is 0 Å². The zero-order valence-corrected chi connectivity index (χ0v) is 10.2. The van der Waals surface area contributed by atoms with Crippen molar-refractivity contribution in [3.8, 4) is 0 Å². The third-order valence-electron chi connectivity index (χ3n) is 2.65. The minimum absolute atomic E-state index is 0.0601. The smallest absolute Gasteiger partial charge is 0.234 e. The molecule has 1 aliphatic rings. The number of carbonyl (C=O) groups is 1. The van der Waals surface area contributed by atoms with Crippen LogP contribution in [-0.4, -0.2) is 56.2 Å². The van der Waals surface area contributed by atoms with Crippen LogP contribution in [0.1, 0.15) is 19.8 Å². The number of hydrogen-bond acceptors (Lipinski definition) is 4. The second kappa shape index (κ2) is 6.83. The molecule has 94 valence electrons. The molecular weight excluding hydrogens is 206 g/mol. The molecule has 0 aliphatic heterocycles. The summed E-state index contributed by atoms with van der Waals surface area (Å²) in [7, 11) is 1.63. The molecule has 5 heteroatoms. The van der Waals surface area contributed by atoms with Gasteiger partial charge >= 0.3 is 0 Å². The van der Waals surface area contributed by atoms with Crippen LogP contribution in [0.5, 0.6) is 0 Å². The predicted molar refractivity (Wildman–Crippen MR) is 63.1 cm³/mol. The van der Waals surface area contributed by atoms with Crippen molar-refractivity contribution in [3.63, 3.8) is 0 Å². The highest BCUT2D eigenvalue weighted by Crippen LogP contribution is 2.25. The SMILES string of the molecule is COCC(C)NC(=O)CN(CCN)C1CC1. The number of ether oxygens (including phenoxy) is 1. The number of methoxy groups -OCH3 is 1. The van der Waals surface area contributed by atoms with E-state index in [1.807, 2.05) is 6.92 Å². The first-order valence-electron chi connectivity index (χ1n) is 5.89. The van der Waals surface area contributed by atoms with E-state index in [4.69, 9.17) is 10.5 Å². The highest BCUT2D eigenvalue weighted by atomic mass is 16.5. The fourth-order valence-corrected chi connectivity index (χ4v) is 1.79. The van der Waals surface area contributed by atoms with E-state index in [0.717, 1.165) is 6.54 Å². The van der Waals surface area contributed by atoms with Gasteiger partial charge in [-0.25, -0.2) is 0 Å². The molecule has 0 aromatic rings. The molecule has 1 fully saturated rings. The molecule has 16 heavy (non-hydrogen) atoms. The zero-order valence-electron chi connectivity index (χ0n) is 10.2. The van der Waals surface area contributed by atoms with Crippen LogP contribution in [0.4, 0.5) is 0 Å². The van der Waals surface area contributed by atoms with Crippen LogP contribution in [0.25, 0.3) is 0 Å². The maximum absolute atomic E-state index is 11.7. The molecule has 1 aliphatic carbocycles. The summed E-state index contributed by atoms with van der Waals surface area (Å²) in [6.07, 6.45) is 2.39. The summed E-state index contributed by atoms with van der Waals surface area (Å²) in [6.45, 7) is 4.35. The molecule has 0 saturated heterocycles. The van der Waals surface area contributed by atoms with Crippen molar-refractivity contribution in [2.75, 3.05) is 33.4 Å². The van der Waals surface area contributed by atoms with Gasteiger partial charge in [-0.15, -0.1) is 0 Å². The van der Waals surface area contributed by atoms with Crippen LogP contribution >= 0.6 is 0 Å². The van der Waals surface area contributed by atoms with Crippen LogP contribution in [-0.2, 0) is 9.53 Å². The largest absolute Gasteiger partial charge is 0.383 e. The number of nitrogens with zero attached hydrogens (tertiary/aromatic N) is 1. The number of nitrogens with one attached hydrogen (secondary N) is 1. The molecule has 0 radical (unpaired) electrons. The van der Waals surface area contributed by atoms with Crippen LogP contribution in [0.15, 0.2) is 0 Å². The Bertz CT molecular complexity index is 219. The fraction of sp³-hybridized carbons (Fsp3) is 0.909. The second-order valence-corrected chi connectivity index (χ2v) is 4.41. The Labute approximate surface area is 97.3 Å². The molecule has 1 saturated carbocycles. The van der Waals surface area contributed by atoms with Gasteiger partial charge < -0.3 is 15.8 Å². The molecule has 0 aromatic carbocycles. The van der Waals surface area contributed by atoms with E-state index in [-0.39, 0.29) is 11.9 Å². The molecule has 1 rings (SSSR count). The van der Waals surface area contributed by atoms with Crippen molar-refractivity contribution >= 4 is 5.91 Å². The first-order chi connectivity index (χ1) is 7.67. The minimum Gasteiger partial charge on any atom is -0.383 e. The Hall–Kier alpha value is -0.650. The highest BCUT2D eigenvalue weighted by molar-refractivity contribution is 5.78. The molecule has 1 amide bonds. The van der Waals surface area contributed by atoms with Gasteiger partial charge in [0, 0.05) is 32.3 Å². The summed E-state index contributed by atoms with van der Waals surface area (Å²) < 4.78 is 4.97. The number of hydrogen-bond donors (Lipinski definition) is 2. The van der Waals surface area contributed by atoms with Crippen LogP contribution in [0.2, 0.25) is 0 Å². The number of rotatable bonds is 8. The normalized spacial score (nSPS) is 17.5. The summed E-state index contributed by atoms with van der Waals surface area (Å²) in [4.78, 5) is 13.9. The highest BCUT2D eigenvalue weighted by Gasteiger charge is 2.29. The van der Waals surface area contributed by atoms with Gasteiger partial charge in [0.05, 0.1) is 13.2 Å². The van der Waals surface area contributed by atoms with Crippen molar-refractivity contribution in [1.82, 2.24) is 10.2 Å². The van der Waals surface area contributed by atoms with Gasteiger partial charge in [0.25, 0.3) is 0 Å². The Kier molecular flexibility index (Phi) is 5.73. The Balaban J connectivity index is 2.24. The topological polar surface area (TPSA) is 67.6 Å². The Morgan fingerprint density at radius 3 is 2.81 bits per heavy atom. The van der Waals surface area contributed by atoms with E-state index in [9.17, 15) is 4.79 Å². The molecule has 3 N–H and O–H groups in total. The molecule has 0 aromatic heterocycles. The molecule has 5 nitrogen and oxygen atoms in total. The molecule has 0 spiro atoms. The van der Waals surface area contributed by atoms with Gasteiger partial charge in [-0.05, 0) is 19.8 Å². The van der Waals surface area contributed by atoms with Gasteiger partial charge in [-0.1, -0.05) is 0 Å². The number of carbonyl (C=O) groups excluding carboxylic acids is 1. The maximum atomic E-state index is 11.7. The fourth-order valence-electron chi connectivity index (χ4n) is 1.79. The van der Waals surface area contributed by atoms with Crippen LogP contribution in [0, 0.1) is 0 Å². The second-order valence-electron chi connectivity index (χ2n) is 4.41. The third kappa shape index (κ3) is 4.92. The number of amides is 1. The monoisotopic (exact) mass is 229 g/mol. The number of nitrogens with two attached hydrogens (primary N) is 1. The lowest BCUT2D eigenvalue weighted by molar-refractivity contribution is -0.123. The summed E-state index contributed by atoms with van der Waals surface area (Å²) in [5.41, 5.74) is 5.53. The summed E-state index contributed by atoms with van der Waals surface area (Å²) in [6, 6.07) is 0.642. The van der Waals surface area contributed by atoms with E-state index in [1.54, 1.807) is 7.11 Å². The maximum Gasteiger partial charge on any atom is 0.234 e. The first-order valence-corrected chi connectivity index (χ1v) is 5.89. The average molecular weight is 229 g/mol. The molecular formula is C11H23N3O2. The minimum atomic E-state index is 0.0601. The van der Waals surface area contributed by atoms with Crippen molar-refractivity contribution in [1.29, 1.82) is 0 Å². The van der Waals surface area contributed by atoms with Crippen LogP contribution in [0.3, 0.4) is 0 Å².